The molecule has 0 bridgehead atoms. The number of aliphatic carboxylic acids is 1. The van der Waals surface area contributed by atoms with Crippen molar-refractivity contribution in [2.24, 2.45) is 0 Å². The van der Waals surface area contributed by atoms with Crippen LogP contribution in [0, 0.1) is 0 Å². The second-order valence-corrected chi connectivity index (χ2v) is 4.78. The van der Waals surface area contributed by atoms with Crippen molar-refractivity contribution < 1.29 is 24.2 Å². The monoisotopic (exact) mass is 259 g/mol. The molecule has 0 saturated carbocycles. The van der Waals surface area contributed by atoms with Gasteiger partial charge in [-0.2, -0.15) is 0 Å². The first-order chi connectivity index (χ1) is 8.17. The van der Waals surface area contributed by atoms with E-state index in [0.717, 1.165) is 0 Å². The summed E-state index contributed by atoms with van der Waals surface area (Å²) in [5.74, 6) is -1.18. The number of nitrogens with one attached hydrogen (secondary N) is 1. The van der Waals surface area contributed by atoms with Crippen molar-refractivity contribution in [3.8, 4) is 0 Å². The number of ether oxygens (including phenoxy) is 2. The first kappa shape index (κ1) is 16.4. The lowest BCUT2D eigenvalue weighted by Crippen LogP contribution is -2.50. The number of alkyl carbamates (subject to hydrolysis) is 1. The van der Waals surface area contributed by atoms with Gasteiger partial charge in [0.15, 0.2) is 6.04 Å². The highest BCUT2D eigenvalue weighted by atomic mass is 16.6. The minimum atomic E-state index is -1.18. The Labute approximate surface area is 107 Å². The average molecular weight is 259 g/mol. The van der Waals surface area contributed by atoms with Crippen molar-refractivity contribution >= 4 is 12.1 Å². The van der Waals surface area contributed by atoms with Crippen molar-refractivity contribution in [1.29, 1.82) is 0 Å². The van der Waals surface area contributed by atoms with Gasteiger partial charge in [0.25, 0.3) is 0 Å². The van der Waals surface area contributed by atoms with Crippen LogP contribution in [0.15, 0.2) is 12.7 Å². The van der Waals surface area contributed by atoms with Gasteiger partial charge in [-0.3, -0.25) is 0 Å². The summed E-state index contributed by atoms with van der Waals surface area (Å²) in [6, 6.07) is -1.17. The topological polar surface area (TPSA) is 84.9 Å². The molecule has 2 N–H and O–H groups in total. The van der Waals surface area contributed by atoms with Crippen LogP contribution in [0.2, 0.25) is 0 Å². The van der Waals surface area contributed by atoms with Crippen molar-refractivity contribution in [3.63, 3.8) is 0 Å². The largest absolute Gasteiger partial charge is 0.480 e. The predicted molar refractivity (Wildman–Crippen MR) is 66.4 cm³/mol. The van der Waals surface area contributed by atoms with E-state index in [0.29, 0.717) is 0 Å². The van der Waals surface area contributed by atoms with E-state index in [-0.39, 0.29) is 6.61 Å². The lowest BCUT2D eigenvalue weighted by Gasteiger charge is -2.29. The lowest BCUT2D eigenvalue weighted by atomic mass is 10.1. The lowest BCUT2D eigenvalue weighted by molar-refractivity contribution is -0.147. The number of rotatable bonds is 6. The van der Waals surface area contributed by atoms with Crippen molar-refractivity contribution in [1.82, 2.24) is 5.32 Å². The highest BCUT2D eigenvalue weighted by molar-refractivity contribution is 5.80. The molecule has 18 heavy (non-hydrogen) atoms. The van der Waals surface area contributed by atoms with Gasteiger partial charge in [0.1, 0.15) is 6.61 Å². The van der Waals surface area contributed by atoms with E-state index in [1.165, 1.54) is 6.08 Å². The fourth-order valence-electron chi connectivity index (χ4n) is 1.31. The van der Waals surface area contributed by atoms with Gasteiger partial charge in [0.2, 0.25) is 0 Å². The summed E-state index contributed by atoms with van der Waals surface area (Å²) in [4.78, 5) is 22.4. The highest BCUT2D eigenvalue weighted by Gasteiger charge is 2.30. The molecule has 0 aliphatic heterocycles. The molecule has 1 amide bonds. The minimum Gasteiger partial charge on any atom is -0.480 e. The Kier molecular flexibility index (Phi) is 6.40. The number of carbonyl (C=O) groups is 2. The van der Waals surface area contributed by atoms with Crippen LogP contribution in [-0.2, 0) is 14.3 Å². The molecule has 2 atom stereocenters. The number of hydrogen-bond donors (Lipinski definition) is 2. The maximum absolute atomic E-state index is 11.3. The van der Waals surface area contributed by atoms with E-state index < -0.39 is 29.8 Å². The predicted octanol–water partition coefficient (Wildman–Crippen LogP) is 1.56. The van der Waals surface area contributed by atoms with E-state index in [2.05, 4.69) is 16.6 Å². The number of carboxylic acid groups (broad SMARTS) is 1. The Morgan fingerprint density at radius 3 is 2.39 bits per heavy atom. The van der Waals surface area contributed by atoms with Crippen LogP contribution in [0.4, 0.5) is 4.79 Å². The molecule has 0 saturated heterocycles. The Bertz CT molecular complexity index is 308. The highest BCUT2D eigenvalue weighted by Crippen LogP contribution is 2.13. The van der Waals surface area contributed by atoms with E-state index in [4.69, 9.17) is 9.84 Å². The van der Waals surface area contributed by atoms with E-state index in [1.54, 1.807) is 27.7 Å². The van der Waals surface area contributed by atoms with E-state index >= 15 is 0 Å². The van der Waals surface area contributed by atoms with Crippen molar-refractivity contribution in [2.75, 3.05) is 6.61 Å². The standard InChI is InChI=1S/C12H21NO5/c1-6-7-17-11(16)13-9(10(14)15)8(2)18-12(3,4)5/h6,8-9H,1,7H2,2-5H3,(H,13,16)(H,14,15). The molecule has 2 unspecified atom stereocenters. The van der Waals surface area contributed by atoms with Crippen molar-refractivity contribution in [2.45, 2.75) is 45.4 Å². The molecule has 104 valence electrons. The maximum Gasteiger partial charge on any atom is 0.408 e. The van der Waals surface area contributed by atoms with Crippen LogP contribution in [0.25, 0.3) is 0 Å². The Morgan fingerprint density at radius 1 is 1.44 bits per heavy atom. The van der Waals surface area contributed by atoms with Crippen molar-refractivity contribution in [3.05, 3.63) is 12.7 Å². The quantitative estimate of drug-likeness (QED) is 0.707. The third-order valence-corrected chi connectivity index (χ3v) is 1.88. The normalized spacial score (nSPS) is 14.4. The molecule has 0 fully saturated rings. The van der Waals surface area contributed by atoms with Crippen LogP contribution in [-0.4, -0.2) is 41.5 Å². The second-order valence-electron chi connectivity index (χ2n) is 4.78. The number of amides is 1. The Balaban J connectivity index is 4.52. The second kappa shape index (κ2) is 7.00. The number of hydrogen-bond acceptors (Lipinski definition) is 4. The maximum atomic E-state index is 11.3. The molecule has 0 heterocycles. The summed E-state index contributed by atoms with van der Waals surface area (Å²) in [6.07, 6.45) is -0.102. The molecule has 0 aromatic heterocycles. The minimum absolute atomic E-state index is 0.0205. The molecule has 6 nitrogen and oxygen atoms in total. The molecular formula is C12H21NO5. The zero-order valence-corrected chi connectivity index (χ0v) is 11.2. The molecule has 0 radical (unpaired) electrons. The smallest absolute Gasteiger partial charge is 0.408 e. The summed E-state index contributed by atoms with van der Waals surface area (Å²) in [6.45, 7) is 10.4. The van der Waals surface area contributed by atoms with Crippen LogP contribution in [0.3, 0.4) is 0 Å². The first-order valence-electron chi connectivity index (χ1n) is 5.62. The molecular weight excluding hydrogens is 238 g/mol. The first-order valence-corrected chi connectivity index (χ1v) is 5.62. The third kappa shape index (κ3) is 6.90. The van der Waals surface area contributed by atoms with Gasteiger partial charge in [-0.1, -0.05) is 12.7 Å². The third-order valence-electron chi connectivity index (χ3n) is 1.88. The summed E-state index contributed by atoms with van der Waals surface area (Å²) in [5.41, 5.74) is -0.500. The summed E-state index contributed by atoms with van der Waals surface area (Å²) < 4.78 is 10.2. The van der Waals surface area contributed by atoms with Gasteiger partial charge >= 0.3 is 12.1 Å². The molecule has 0 spiro atoms. The summed E-state index contributed by atoms with van der Waals surface area (Å²) in [7, 11) is 0. The van der Waals surface area contributed by atoms with Gasteiger partial charge < -0.3 is 19.9 Å². The summed E-state index contributed by atoms with van der Waals surface area (Å²) in [5, 5.41) is 11.3. The average Bonchev–Trinajstić information content (AvgIpc) is 2.19. The Morgan fingerprint density at radius 2 is 2.00 bits per heavy atom. The molecule has 6 heteroatoms. The van der Waals surface area contributed by atoms with Gasteiger partial charge in [-0.05, 0) is 27.7 Å². The molecule has 0 aliphatic rings. The zero-order valence-electron chi connectivity index (χ0n) is 11.2. The van der Waals surface area contributed by atoms with Crippen LogP contribution >= 0.6 is 0 Å². The van der Waals surface area contributed by atoms with Crippen LogP contribution < -0.4 is 5.32 Å². The summed E-state index contributed by atoms with van der Waals surface area (Å²) >= 11 is 0. The van der Waals surface area contributed by atoms with Crippen LogP contribution in [0.1, 0.15) is 27.7 Å². The van der Waals surface area contributed by atoms with E-state index in [9.17, 15) is 9.59 Å². The molecule has 0 aromatic rings. The molecule has 0 aliphatic carbocycles. The number of carbonyl (C=O) groups excluding carboxylic acids is 1. The van der Waals surface area contributed by atoms with Gasteiger partial charge in [0.05, 0.1) is 11.7 Å². The van der Waals surface area contributed by atoms with E-state index in [1.807, 2.05) is 0 Å². The molecule has 0 aromatic carbocycles. The molecule has 0 rings (SSSR count). The SMILES string of the molecule is C=CCOC(=O)NC(C(=O)O)C(C)OC(C)(C)C. The zero-order chi connectivity index (χ0) is 14.3. The van der Waals surface area contributed by atoms with Gasteiger partial charge in [0, 0.05) is 0 Å². The number of carboxylic acids is 1. The van der Waals surface area contributed by atoms with Gasteiger partial charge in [-0.25, -0.2) is 9.59 Å². The van der Waals surface area contributed by atoms with Gasteiger partial charge in [-0.15, -0.1) is 0 Å². The van der Waals surface area contributed by atoms with Crippen LogP contribution in [0.5, 0.6) is 0 Å². The Hall–Kier alpha value is -1.56. The fourth-order valence-corrected chi connectivity index (χ4v) is 1.31. The fraction of sp³-hybridized carbons (Fsp3) is 0.667.